The maximum Gasteiger partial charge on any atom is 0.221 e. The summed E-state index contributed by atoms with van der Waals surface area (Å²) < 4.78 is 5.85. The van der Waals surface area contributed by atoms with Gasteiger partial charge in [-0.2, -0.15) is 0 Å². The second kappa shape index (κ2) is 14.5. The molecule has 0 unspecified atom stereocenters. The zero-order chi connectivity index (χ0) is 26.7. The number of aliphatic hydroxyl groups excluding tert-OH is 1. The Morgan fingerprint density at radius 3 is 2.03 bits per heavy atom. The van der Waals surface area contributed by atoms with Crippen molar-refractivity contribution in [3.63, 3.8) is 0 Å². The van der Waals surface area contributed by atoms with Crippen LogP contribution in [0.25, 0.3) is 0 Å². The first-order valence-electron chi connectivity index (χ1n) is 12.9. The monoisotopic (exact) mass is 495 g/mol. The Morgan fingerprint density at radius 2 is 1.50 bits per heavy atom. The Morgan fingerprint density at radius 1 is 0.889 bits per heavy atom. The molecule has 6 nitrogen and oxygen atoms in total. The molecule has 0 aromatic heterocycles. The summed E-state index contributed by atoms with van der Waals surface area (Å²) in [7, 11) is 0. The number of aliphatic hydroxyl groups is 1. The molecule has 1 amide bonds. The van der Waals surface area contributed by atoms with Crippen molar-refractivity contribution in [2.75, 3.05) is 6.61 Å². The van der Waals surface area contributed by atoms with Gasteiger partial charge < -0.3 is 15.6 Å². The highest BCUT2D eigenvalue weighted by Gasteiger charge is 2.30. The molecule has 36 heavy (non-hydrogen) atoms. The molecule has 0 saturated heterocycles. The first-order chi connectivity index (χ1) is 17.1. The number of ether oxygens (including phenoxy) is 1. The van der Waals surface area contributed by atoms with E-state index in [9.17, 15) is 14.4 Å². The number of unbranched alkanes of at least 4 members (excludes halogenated alkanes) is 1. The number of benzene rings is 2. The molecule has 2 aromatic rings. The van der Waals surface area contributed by atoms with E-state index in [1.165, 1.54) is 0 Å². The van der Waals surface area contributed by atoms with Gasteiger partial charge in [-0.3, -0.25) is 14.4 Å². The Hall–Kier alpha value is -2.99. The molecule has 0 saturated carbocycles. The minimum absolute atomic E-state index is 0.0273. The van der Waals surface area contributed by atoms with Gasteiger partial charge in [0.25, 0.3) is 0 Å². The van der Waals surface area contributed by atoms with Crippen molar-refractivity contribution >= 4 is 17.5 Å². The van der Waals surface area contributed by atoms with Crippen LogP contribution in [-0.2, 0) is 22.6 Å². The molecule has 196 valence electrons. The average molecular weight is 496 g/mol. The molecule has 0 heterocycles. The predicted molar refractivity (Wildman–Crippen MR) is 142 cm³/mol. The Balaban J connectivity index is 1.79. The van der Waals surface area contributed by atoms with Gasteiger partial charge in [0, 0.05) is 23.3 Å². The SMILES string of the molecule is CC(=O)[C@H](CC(C)C)[C@H](CCCCOc1ccc(C[C@H](C)C(=O)c2ccc(CO)cc2)cc1)C(N)=O. The molecule has 2 aromatic carbocycles. The van der Waals surface area contributed by atoms with Crippen LogP contribution in [0.15, 0.2) is 48.5 Å². The third kappa shape index (κ3) is 9.23. The molecule has 0 aliphatic rings. The van der Waals surface area contributed by atoms with Gasteiger partial charge in [-0.1, -0.05) is 57.2 Å². The maximum atomic E-state index is 12.7. The fourth-order valence-electron chi connectivity index (χ4n) is 4.55. The van der Waals surface area contributed by atoms with E-state index in [-0.39, 0.29) is 30.0 Å². The van der Waals surface area contributed by atoms with Gasteiger partial charge in [-0.05, 0) is 68.2 Å². The Kier molecular flexibility index (Phi) is 11.8. The largest absolute Gasteiger partial charge is 0.494 e. The first-order valence-corrected chi connectivity index (χ1v) is 12.9. The number of rotatable bonds is 16. The number of nitrogens with two attached hydrogens (primary N) is 1. The number of ketones is 2. The lowest BCUT2D eigenvalue weighted by atomic mass is 9.80. The van der Waals surface area contributed by atoms with Crippen LogP contribution in [0.2, 0.25) is 0 Å². The summed E-state index contributed by atoms with van der Waals surface area (Å²) in [4.78, 5) is 36.8. The predicted octanol–water partition coefficient (Wildman–Crippen LogP) is 5.14. The van der Waals surface area contributed by atoms with Crippen LogP contribution in [0.1, 0.15) is 74.9 Å². The van der Waals surface area contributed by atoms with Gasteiger partial charge in [0.15, 0.2) is 5.78 Å². The van der Waals surface area contributed by atoms with E-state index >= 15 is 0 Å². The topological polar surface area (TPSA) is 107 Å². The zero-order valence-electron chi connectivity index (χ0n) is 22.0. The number of carbonyl (C=O) groups excluding carboxylic acids is 3. The molecular weight excluding hydrogens is 454 g/mol. The van der Waals surface area contributed by atoms with Crippen LogP contribution in [-0.4, -0.2) is 29.2 Å². The highest BCUT2D eigenvalue weighted by molar-refractivity contribution is 5.97. The average Bonchev–Trinajstić information content (AvgIpc) is 2.85. The van der Waals surface area contributed by atoms with E-state index in [0.29, 0.717) is 37.4 Å². The molecule has 0 spiro atoms. The van der Waals surface area contributed by atoms with E-state index in [2.05, 4.69) is 0 Å². The quantitative estimate of drug-likeness (QED) is 0.248. The number of primary amides is 1. The summed E-state index contributed by atoms with van der Waals surface area (Å²) in [6.07, 6.45) is 3.41. The van der Waals surface area contributed by atoms with Crippen molar-refractivity contribution in [1.82, 2.24) is 0 Å². The van der Waals surface area contributed by atoms with Gasteiger partial charge in [0.1, 0.15) is 11.5 Å². The third-order valence-electron chi connectivity index (χ3n) is 6.61. The fraction of sp³-hybridized carbons (Fsp3) is 0.500. The highest BCUT2D eigenvalue weighted by Crippen LogP contribution is 2.26. The van der Waals surface area contributed by atoms with E-state index in [1.54, 1.807) is 31.2 Å². The van der Waals surface area contributed by atoms with Gasteiger partial charge in [-0.25, -0.2) is 0 Å². The lowest BCUT2D eigenvalue weighted by Gasteiger charge is -2.24. The molecule has 0 fully saturated rings. The molecule has 0 radical (unpaired) electrons. The van der Waals surface area contributed by atoms with E-state index in [4.69, 9.17) is 15.6 Å². The molecular formula is C30H41NO5. The van der Waals surface area contributed by atoms with Crippen molar-refractivity contribution in [2.24, 2.45) is 29.4 Å². The summed E-state index contributed by atoms with van der Waals surface area (Å²) >= 11 is 0. The zero-order valence-corrected chi connectivity index (χ0v) is 22.0. The fourth-order valence-corrected chi connectivity index (χ4v) is 4.55. The second-order valence-electron chi connectivity index (χ2n) is 10.2. The summed E-state index contributed by atoms with van der Waals surface area (Å²) in [5.74, 6) is -0.121. The molecule has 3 atom stereocenters. The molecule has 0 aliphatic heterocycles. The van der Waals surface area contributed by atoms with Gasteiger partial charge in [-0.15, -0.1) is 0 Å². The minimum atomic E-state index is -0.429. The standard InChI is InChI=1S/C30H41NO5/c1-20(2)17-28(22(4)33)27(30(31)35)7-5-6-16-36-26-14-10-23(11-15-26)18-21(3)29(34)25-12-8-24(19-32)9-13-25/h8-15,20-21,27-28,32H,5-7,16-19H2,1-4H3,(H2,31,35)/t21-,27-,28-/m0/s1. The highest BCUT2D eigenvalue weighted by atomic mass is 16.5. The smallest absolute Gasteiger partial charge is 0.221 e. The summed E-state index contributed by atoms with van der Waals surface area (Å²) in [5, 5.41) is 9.16. The third-order valence-corrected chi connectivity index (χ3v) is 6.61. The summed E-state index contributed by atoms with van der Waals surface area (Å²) in [6, 6.07) is 14.8. The van der Waals surface area contributed by atoms with Crippen molar-refractivity contribution in [3.05, 3.63) is 65.2 Å². The molecule has 6 heteroatoms. The summed E-state index contributed by atoms with van der Waals surface area (Å²) in [6.45, 7) is 8.03. The number of carbonyl (C=O) groups is 3. The maximum absolute atomic E-state index is 12.7. The molecule has 0 aliphatic carbocycles. The van der Waals surface area contributed by atoms with Crippen LogP contribution in [0.5, 0.6) is 5.75 Å². The Bertz CT molecular complexity index is 981. The van der Waals surface area contributed by atoms with Crippen molar-refractivity contribution in [2.45, 2.75) is 66.4 Å². The number of amides is 1. The number of hydrogen-bond acceptors (Lipinski definition) is 5. The normalized spacial score (nSPS) is 13.7. The lowest BCUT2D eigenvalue weighted by Crippen LogP contribution is -2.34. The second-order valence-corrected chi connectivity index (χ2v) is 10.2. The Labute approximate surface area is 215 Å². The van der Waals surface area contributed by atoms with Crippen molar-refractivity contribution in [3.8, 4) is 5.75 Å². The van der Waals surface area contributed by atoms with Crippen LogP contribution < -0.4 is 10.5 Å². The number of Topliss-reactive ketones (excluding diaryl/α,β-unsaturated/α-hetero) is 2. The van der Waals surface area contributed by atoms with E-state index < -0.39 is 11.8 Å². The van der Waals surface area contributed by atoms with Gasteiger partial charge in [0.2, 0.25) is 5.91 Å². The van der Waals surface area contributed by atoms with Crippen molar-refractivity contribution in [1.29, 1.82) is 0 Å². The summed E-state index contributed by atoms with van der Waals surface area (Å²) in [5.41, 5.74) is 8.11. The molecule has 3 N–H and O–H groups in total. The van der Waals surface area contributed by atoms with Gasteiger partial charge in [0.05, 0.1) is 13.2 Å². The molecule has 0 bridgehead atoms. The van der Waals surface area contributed by atoms with E-state index in [0.717, 1.165) is 29.7 Å². The number of hydrogen-bond donors (Lipinski definition) is 2. The van der Waals surface area contributed by atoms with Crippen LogP contribution >= 0.6 is 0 Å². The van der Waals surface area contributed by atoms with Gasteiger partial charge >= 0.3 is 0 Å². The van der Waals surface area contributed by atoms with Crippen LogP contribution in [0.3, 0.4) is 0 Å². The van der Waals surface area contributed by atoms with Crippen LogP contribution in [0, 0.1) is 23.7 Å². The lowest BCUT2D eigenvalue weighted by molar-refractivity contribution is -0.131. The van der Waals surface area contributed by atoms with Crippen LogP contribution in [0.4, 0.5) is 0 Å². The van der Waals surface area contributed by atoms with Crippen molar-refractivity contribution < 1.29 is 24.2 Å². The minimum Gasteiger partial charge on any atom is -0.494 e. The van der Waals surface area contributed by atoms with E-state index in [1.807, 2.05) is 45.0 Å². The molecule has 2 rings (SSSR count). The first kappa shape index (κ1) is 29.2.